The van der Waals surface area contributed by atoms with Crippen LogP contribution in [0.5, 0.6) is 0 Å². The maximum absolute atomic E-state index is 11.2. The minimum absolute atomic E-state index is 0.175. The highest BCUT2D eigenvalue weighted by Gasteiger charge is 2.32. The summed E-state index contributed by atoms with van der Waals surface area (Å²) >= 11 is 0. The smallest absolute Gasteiger partial charge is 0.338 e. The monoisotopic (exact) mass is 213 g/mol. The molecule has 0 aromatic rings. The molecule has 0 heterocycles. The quantitative estimate of drug-likeness (QED) is 0.507. The van der Waals surface area contributed by atoms with Gasteiger partial charge in [0.25, 0.3) is 0 Å². The molecule has 0 radical (unpaired) electrons. The van der Waals surface area contributed by atoms with Crippen LogP contribution in [-0.4, -0.2) is 31.7 Å². The molecule has 0 aliphatic heterocycles. The Bertz CT molecular complexity index is 282. The van der Waals surface area contributed by atoms with Gasteiger partial charge >= 0.3 is 11.9 Å². The lowest BCUT2D eigenvalue weighted by Gasteiger charge is -2.19. The van der Waals surface area contributed by atoms with E-state index in [1.165, 1.54) is 14.2 Å². The largest absolute Gasteiger partial charge is 0.469 e. The molecular formula is C10H15NO4. The third kappa shape index (κ3) is 4.00. The van der Waals surface area contributed by atoms with Crippen LogP contribution in [0.1, 0.15) is 19.3 Å². The fourth-order valence-corrected chi connectivity index (χ4v) is 1.03. The summed E-state index contributed by atoms with van der Waals surface area (Å²) in [5, 5.41) is 0. The van der Waals surface area contributed by atoms with Crippen molar-refractivity contribution in [2.45, 2.75) is 24.8 Å². The molecule has 0 bridgehead atoms. The molecule has 0 rings (SSSR count). The van der Waals surface area contributed by atoms with E-state index in [1.54, 1.807) is 0 Å². The number of methoxy groups -OCH3 is 2. The number of rotatable bonds is 5. The van der Waals surface area contributed by atoms with E-state index in [1.807, 2.05) is 0 Å². The summed E-state index contributed by atoms with van der Waals surface area (Å²) in [4.78, 5) is 22.0. The fraction of sp³-hybridized carbons (Fsp3) is 0.600. The predicted octanol–water partition coefficient (Wildman–Crippen LogP) is -0.167. The van der Waals surface area contributed by atoms with Crippen molar-refractivity contribution in [3.8, 4) is 12.3 Å². The van der Waals surface area contributed by atoms with E-state index in [0.29, 0.717) is 6.42 Å². The third-order valence-electron chi connectivity index (χ3n) is 1.99. The standard InChI is InChI=1S/C10H15NO4/c1-4-10(11,9(13)15-3)7-5-6-8(12)14-2/h1H,5-7,11H2,2-3H3. The van der Waals surface area contributed by atoms with E-state index in [0.717, 1.165) is 0 Å². The van der Waals surface area contributed by atoms with Crippen LogP contribution in [0, 0.1) is 12.3 Å². The lowest BCUT2D eigenvalue weighted by Crippen LogP contribution is -2.47. The van der Waals surface area contributed by atoms with Crippen LogP contribution >= 0.6 is 0 Å². The Morgan fingerprint density at radius 2 is 2.00 bits per heavy atom. The average molecular weight is 213 g/mol. The second kappa shape index (κ2) is 6.04. The molecule has 0 saturated heterocycles. The predicted molar refractivity (Wildman–Crippen MR) is 53.6 cm³/mol. The van der Waals surface area contributed by atoms with E-state index in [2.05, 4.69) is 15.4 Å². The van der Waals surface area contributed by atoms with Gasteiger partial charge < -0.3 is 15.2 Å². The normalized spacial score (nSPS) is 13.5. The van der Waals surface area contributed by atoms with Crippen molar-refractivity contribution in [1.82, 2.24) is 0 Å². The molecule has 84 valence electrons. The van der Waals surface area contributed by atoms with Gasteiger partial charge in [0.2, 0.25) is 0 Å². The minimum Gasteiger partial charge on any atom is -0.469 e. The topological polar surface area (TPSA) is 78.6 Å². The number of carbonyl (C=O) groups excluding carboxylic acids is 2. The van der Waals surface area contributed by atoms with Crippen LogP contribution < -0.4 is 5.73 Å². The Labute approximate surface area is 88.9 Å². The van der Waals surface area contributed by atoms with Gasteiger partial charge in [-0.3, -0.25) is 4.79 Å². The van der Waals surface area contributed by atoms with Crippen molar-refractivity contribution in [1.29, 1.82) is 0 Å². The van der Waals surface area contributed by atoms with E-state index in [-0.39, 0.29) is 18.8 Å². The average Bonchev–Trinajstić information content (AvgIpc) is 2.27. The van der Waals surface area contributed by atoms with Gasteiger partial charge in [-0.15, -0.1) is 6.42 Å². The van der Waals surface area contributed by atoms with Crippen molar-refractivity contribution in [3.63, 3.8) is 0 Å². The number of hydrogen-bond acceptors (Lipinski definition) is 5. The fourth-order valence-electron chi connectivity index (χ4n) is 1.03. The van der Waals surface area contributed by atoms with E-state index >= 15 is 0 Å². The Morgan fingerprint density at radius 3 is 2.40 bits per heavy atom. The van der Waals surface area contributed by atoms with E-state index < -0.39 is 11.5 Å². The molecule has 5 heteroatoms. The first-order chi connectivity index (χ1) is 7.00. The number of terminal acetylenes is 1. The van der Waals surface area contributed by atoms with Crippen molar-refractivity contribution < 1.29 is 19.1 Å². The van der Waals surface area contributed by atoms with Gasteiger partial charge in [-0.1, -0.05) is 5.92 Å². The first kappa shape index (κ1) is 13.5. The van der Waals surface area contributed by atoms with Gasteiger partial charge in [0.1, 0.15) is 0 Å². The molecule has 2 N–H and O–H groups in total. The van der Waals surface area contributed by atoms with Crippen molar-refractivity contribution >= 4 is 11.9 Å². The SMILES string of the molecule is C#CC(N)(CCCC(=O)OC)C(=O)OC. The second-order valence-electron chi connectivity index (χ2n) is 3.04. The zero-order valence-electron chi connectivity index (χ0n) is 8.91. The molecule has 0 aliphatic rings. The zero-order chi connectivity index (χ0) is 11.9. The molecule has 1 atom stereocenters. The van der Waals surface area contributed by atoms with Crippen LogP contribution in [0.15, 0.2) is 0 Å². The summed E-state index contributed by atoms with van der Waals surface area (Å²) in [6, 6.07) is 0. The van der Waals surface area contributed by atoms with Crippen LogP contribution in [0.25, 0.3) is 0 Å². The van der Waals surface area contributed by atoms with E-state index in [4.69, 9.17) is 12.2 Å². The van der Waals surface area contributed by atoms with Crippen molar-refractivity contribution in [2.24, 2.45) is 5.73 Å². The molecule has 0 aromatic carbocycles. The van der Waals surface area contributed by atoms with Crippen LogP contribution in [0.2, 0.25) is 0 Å². The molecule has 0 aromatic heterocycles. The molecular weight excluding hydrogens is 198 g/mol. The Morgan fingerprint density at radius 1 is 1.40 bits per heavy atom. The molecule has 0 aliphatic carbocycles. The highest BCUT2D eigenvalue weighted by molar-refractivity contribution is 5.84. The minimum atomic E-state index is -1.46. The lowest BCUT2D eigenvalue weighted by molar-refractivity contribution is -0.146. The summed E-state index contributed by atoms with van der Waals surface area (Å²) in [6.45, 7) is 0. The second-order valence-corrected chi connectivity index (χ2v) is 3.04. The number of ether oxygens (including phenoxy) is 2. The third-order valence-corrected chi connectivity index (χ3v) is 1.99. The van der Waals surface area contributed by atoms with Gasteiger partial charge in [-0.25, -0.2) is 4.79 Å². The molecule has 15 heavy (non-hydrogen) atoms. The van der Waals surface area contributed by atoms with Gasteiger partial charge in [-0.05, 0) is 12.8 Å². The number of hydrogen-bond donors (Lipinski definition) is 1. The van der Waals surface area contributed by atoms with Crippen molar-refractivity contribution in [2.75, 3.05) is 14.2 Å². The first-order valence-electron chi connectivity index (χ1n) is 4.42. The highest BCUT2D eigenvalue weighted by atomic mass is 16.5. The maximum atomic E-state index is 11.2. The molecule has 0 fully saturated rings. The summed E-state index contributed by atoms with van der Waals surface area (Å²) in [7, 11) is 2.50. The van der Waals surface area contributed by atoms with Crippen molar-refractivity contribution in [3.05, 3.63) is 0 Å². The number of esters is 2. The van der Waals surface area contributed by atoms with Gasteiger partial charge in [-0.2, -0.15) is 0 Å². The van der Waals surface area contributed by atoms with Gasteiger partial charge in [0.15, 0.2) is 5.54 Å². The van der Waals surface area contributed by atoms with Crippen LogP contribution in [0.3, 0.4) is 0 Å². The van der Waals surface area contributed by atoms with Crippen LogP contribution in [-0.2, 0) is 19.1 Å². The van der Waals surface area contributed by atoms with Gasteiger partial charge in [0.05, 0.1) is 14.2 Å². The Hall–Kier alpha value is -1.54. The molecule has 0 saturated carbocycles. The summed E-state index contributed by atoms with van der Waals surface area (Å²) < 4.78 is 8.91. The Balaban J connectivity index is 4.18. The summed E-state index contributed by atoms with van der Waals surface area (Å²) in [5.74, 6) is 1.14. The number of carbonyl (C=O) groups is 2. The Kier molecular flexibility index (Phi) is 5.42. The first-order valence-corrected chi connectivity index (χ1v) is 4.42. The molecule has 5 nitrogen and oxygen atoms in total. The van der Waals surface area contributed by atoms with Gasteiger partial charge in [0, 0.05) is 6.42 Å². The molecule has 0 amide bonds. The molecule has 1 unspecified atom stereocenters. The van der Waals surface area contributed by atoms with E-state index in [9.17, 15) is 9.59 Å². The number of nitrogens with two attached hydrogens (primary N) is 1. The molecule has 0 spiro atoms. The lowest BCUT2D eigenvalue weighted by atomic mass is 9.95. The summed E-state index contributed by atoms with van der Waals surface area (Å²) in [6.07, 6.45) is 5.88. The maximum Gasteiger partial charge on any atom is 0.338 e. The summed E-state index contributed by atoms with van der Waals surface area (Å²) in [5.41, 5.74) is 4.16. The highest BCUT2D eigenvalue weighted by Crippen LogP contribution is 2.12. The zero-order valence-corrected chi connectivity index (χ0v) is 8.91. The van der Waals surface area contributed by atoms with Crippen LogP contribution in [0.4, 0.5) is 0 Å².